The van der Waals surface area contributed by atoms with Gasteiger partial charge in [-0.25, -0.2) is 0 Å². The van der Waals surface area contributed by atoms with E-state index in [1.807, 2.05) is 24.4 Å². The van der Waals surface area contributed by atoms with Crippen molar-refractivity contribution in [1.29, 1.82) is 0 Å². The molecule has 3 aromatic rings. The number of nitrogens with one attached hydrogen (secondary N) is 2. The predicted molar refractivity (Wildman–Crippen MR) is 86.2 cm³/mol. The third kappa shape index (κ3) is 3.51. The lowest BCUT2D eigenvalue weighted by molar-refractivity contribution is 0.241. The molecule has 108 valence electrons. The first-order valence-corrected chi connectivity index (χ1v) is 7.29. The fraction of sp³-hybridized carbons (Fsp3) is 0.222. The monoisotopic (exact) mass is 280 g/mol. The second-order valence-corrected chi connectivity index (χ2v) is 5.35. The number of benzene rings is 2. The van der Waals surface area contributed by atoms with Crippen LogP contribution >= 0.6 is 0 Å². The quantitative estimate of drug-likeness (QED) is 0.650. The van der Waals surface area contributed by atoms with Crippen LogP contribution in [0.2, 0.25) is 0 Å². The first kappa shape index (κ1) is 13.9. The summed E-state index contributed by atoms with van der Waals surface area (Å²) in [6.45, 7) is 0.903. The molecular weight excluding hydrogens is 260 g/mol. The summed E-state index contributed by atoms with van der Waals surface area (Å²) in [6, 6.07) is 18.8. The van der Waals surface area contributed by atoms with Crippen molar-refractivity contribution in [2.75, 3.05) is 6.61 Å². The first-order valence-electron chi connectivity index (χ1n) is 7.29. The van der Waals surface area contributed by atoms with Gasteiger partial charge in [-0.2, -0.15) is 0 Å². The molecule has 0 aliphatic heterocycles. The van der Waals surface area contributed by atoms with Crippen molar-refractivity contribution in [3.63, 3.8) is 0 Å². The summed E-state index contributed by atoms with van der Waals surface area (Å²) < 4.78 is 0. The highest BCUT2D eigenvalue weighted by Crippen LogP contribution is 2.14. The Bertz CT molecular complexity index is 691. The summed E-state index contributed by atoms with van der Waals surface area (Å²) in [5.74, 6) is 0. The van der Waals surface area contributed by atoms with Crippen molar-refractivity contribution in [3.8, 4) is 0 Å². The lowest BCUT2D eigenvalue weighted by atomic mass is 10.1. The van der Waals surface area contributed by atoms with Crippen LogP contribution in [0.3, 0.4) is 0 Å². The maximum absolute atomic E-state index is 9.54. The van der Waals surface area contributed by atoms with Crippen molar-refractivity contribution >= 4 is 10.9 Å². The average molecular weight is 280 g/mol. The zero-order valence-electron chi connectivity index (χ0n) is 11.9. The Morgan fingerprint density at radius 1 is 1.00 bits per heavy atom. The Kier molecular flexibility index (Phi) is 4.34. The molecule has 0 aliphatic rings. The average Bonchev–Trinajstić information content (AvgIpc) is 3.00. The van der Waals surface area contributed by atoms with Crippen LogP contribution < -0.4 is 5.32 Å². The number of rotatable bonds is 6. The van der Waals surface area contributed by atoms with E-state index in [2.05, 4.69) is 46.7 Å². The highest BCUT2D eigenvalue weighted by molar-refractivity contribution is 5.79. The lowest BCUT2D eigenvalue weighted by Gasteiger charge is -2.16. The Morgan fingerprint density at radius 3 is 2.67 bits per heavy atom. The van der Waals surface area contributed by atoms with E-state index in [1.165, 1.54) is 16.5 Å². The van der Waals surface area contributed by atoms with Gasteiger partial charge in [-0.05, 0) is 41.1 Å². The highest BCUT2D eigenvalue weighted by Gasteiger charge is 2.08. The highest BCUT2D eigenvalue weighted by atomic mass is 16.3. The predicted octanol–water partition coefficient (Wildman–Crippen LogP) is 2.86. The molecule has 0 unspecified atom stereocenters. The van der Waals surface area contributed by atoms with Gasteiger partial charge in [-0.1, -0.05) is 36.4 Å². The Hall–Kier alpha value is -2.10. The standard InChI is InChI=1S/C18H20N2O/c21-13-17(11-14-4-2-1-3-5-14)20-12-15-6-7-18-16(10-15)8-9-19-18/h1-10,17,19-21H,11-13H2/t17-/m0/s1. The summed E-state index contributed by atoms with van der Waals surface area (Å²) >= 11 is 0. The van der Waals surface area contributed by atoms with Gasteiger partial charge in [-0.3, -0.25) is 0 Å². The van der Waals surface area contributed by atoms with Crippen molar-refractivity contribution in [2.24, 2.45) is 0 Å². The minimum absolute atomic E-state index is 0.0781. The van der Waals surface area contributed by atoms with E-state index >= 15 is 0 Å². The molecule has 0 amide bonds. The van der Waals surface area contributed by atoms with Gasteiger partial charge in [0.05, 0.1) is 6.61 Å². The maximum atomic E-state index is 9.54. The molecular formula is C18H20N2O. The van der Waals surface area contributed by atoms with Crippen molar-refractivity contribution in [1.82, 2.24) is 10.3 Å². The van der Waals surface area contributed by atoms with E-state index in [1.54, 1.807) is 0 Å². The number of hydrogen-bond acceptors (Lipinski definition) is 2. The van der Waals surface area contributed by atoms with Gasteiger partial charge in [0, 0.05) is 24.3 Å². The lowest BCUT2D eigenvalue weighted by Crippen LogP contribution is -2.34. The van der Waals surface area contributed by atoms with Crippen LogP contribution in [0.15, 0.2) is 60.8 Å². The smallest absolute Gasteiger partial charge is 0.0587 e. The Labute approximate surface area is 124 Å². The molecule has 0 bridgehead atoms. The van der Waals surface area contributed by atoms with E-state index in [9.17, 15) is 5.11 Å². The molecule has 0 saturated heterocycles. The van der Waals surface area contributed by atoms with Gasteiger partial charge in [0.1, 0.15) is 0 Å². The minimum atomic E-state index is 0.0781. The summed E-state index contributed by atoms with van der Waals surface area (Å²) in [5, 5.41) is 14.2. The van der Waals surface area contributed by atoms with Gasteiger partial charge < -0.3 is 15.4 Å². The fourth-order valence-electron chi connectivity index (χ4n) is 2.57. The van der Waals surface area contributed by atoms with Gasteiger partial charge >= 0.3 is 0 Å². The number of fused-ring (bicyclic) bond motifs is 1. The minimum Gasteiger partial charge on any atom is -0.395 e. The van der Waals surface area contributed by atoms with E-state index in [0.29, 0.717) is 0 Å². The molecule has 3 nitrogen and oxygen atoms in total. The van der Waals surface area contributed by atoms with Crippen LogP contribution in [-0.4, -0.2) is 22.7 Å². The topological polar surface area (TPSA) is 48.0 Å². The van der Waals surface area contributed by atoms with Gasteiger partial charge in [0.2, 0.25) is 0 Å². The summed E-state index contributed by atoms with van der Waals surface area (Å²) in [5.41, 5.74) is 3.63. The molecule has 3 heteroatoms. The molecule has 0 aliphatic carbocycles. The summed E-state index contributed by atoms with van der Waals surface area (Å²) in [4.78, 5) is 3.20. The second kappa shape index (κ2) is 6.57. The Morgan fingerprint density at radius 2 is 1.86 bits per heavy atom. The zero-order valence-corrected chi connectivity index (χ0v) is 11.9. The molecule has 2 aromatic carbocycles. The second-order valence-electron chi connectivity index (χ2n) is 5.35. The molecule has 1 aromatic heterocycles. The third-order valence-corrected chi connectivity index (χ3v) is 3.76. The number of aliphatic hydroxyl groups excluding tert-OH is 1. The SMILES string of the molecule is OC[C@H](Cc1ccccc1)NCc1ccc2[nH]ccc2c1. The van der Waals surface area contributed by atoms with Crippen LogP contribution in [0, 0.1) is 0 Å². The fourth-order valence-corrected chi connectivity index (χ4v) is 2.57. The van der Waals surface area contributed by atoms with E-state index in [0.717, 1.165) is 18.5 Å². The van der Waals surface area contributed by atoms with Crippen LogP contribution in [0.4, 0.5) is 0 Å². The van der Waals surface area contributed by atoms with Gasteiger partial charge in [-0.15, -0.1) is 0 Å². The van der Waals surface area contributed by atoms with Crippen LogP contribution in [-0.2, 0) is 13.0 Å². The molecule has 0 saturated carbocycles. The number of H-pyrrole nitrogens is 1. The van der Waals surface area contributed by atoms with E-state index in [-0.39, 0.29) is 12.6 Å². The molecule has 3 rings (SSSR count). The van der Waals surface area contributed by atoms with E-state index < -0.39 is 0 Å². The molecule has 3 N–H and O–H groups in total. The molecule has 0 radical (unpaired) electrons. The number of aliphatic hydroxyl groups is 1. The van der Waals surface area contributed by atoms with Crippen molar-refractivity contribution in [2.45, 2.75) is 19.0 Å². The van der Waals surface area contributed by atoms with Gasteiger partial charge in [0.25, 0.3) is 0 Å². The summed E-state index contributed by atoms with van der Waals surface area (Å²) in [6.07, 6.45) is 2.79. The van der Waals surface area contributed by atoms with Crippen molar-refractivity contribution in [3.05, 3.63) is 71.9 Å². The number of hydrogen-bond donors (Lipinski definition) is 3. The van der Waals surface area contributed by atoms with Gasteiger partial charge in [0.15, 0.2) is 0 Å². The Balaban J connectivity index is 1.61. The zero-order chi connectivity index (χ0) is 14.5. The number of aromatic amines is 1. The molecule has 0 spiro atoms. The van der Waals surface area contributed by atoms with E-state index in [4.69, 9.17) is 0 Å². The third-order valence-electron chi connectivity index (χ3n) is 3.76. The number of aromatic nitrogens is 1. The maximum Gasteiger partial charge on any atom is 0.0587 e. The van der Waals surface area contributed by atoms with Crippen LogP contribution in [0.1, 0.15) is 11.1 Å². The molecule has 0 fully saturated rings. The molecule has 21 heavy (non-hydrogen) atoms. The van der Waals surface area contributed by atoms with Crippen LogP contribution in [0.5, 0.6) is 0 Å². The first-order chi connectivity index (χ1) is 10.3. The molecule has 1 heterocycles. The summed E-state index contributed by atoms with van der Waals surface area (Å²) in [7, 11) is 0. The largest absolute Gasteiger partial charge is 0.395 e. The van der Waals surface area contributed by atoms with Crippen LogP contribution in [0.25, 0.3) is 10.9 Å². The van der Waals surface area contributed by atoms with Crippen molar-refractivity contribution < 1.29 is 5.11 Å². The normalized spacial score (nSPS) is 12.6. The molecule has 1 atom stereocenters.